The molecular formula is C22H36O4. The van der Waals surface area contributed by atoms with Crippen molar-refractivity contribution < 1.29 is 19.1 Å². The number of unbranched alkanes of at least 4 members (excludes halogenated alkanes) is 5. The minimum atomic E-state index is -0.118. The molecule has 0 spiro atoms. The molecule has 1 fully saturated rings. The van der Waals surface area contributed by atoms with E-state index < -0.39 is 0 Å². The van der Waals surface area contributed by atoms with Gasteiger partial charge in [-0.15, -0.1) is 0 Å². The van der Waals surface area contributed by atoms with E-state index in [9.17, 15) is 14.4 Å². The third-order valence-electron chi connectivity index (χ3n) is 5.16. The molecule has 26 heavy (non-hydrogen) atoms. The van der Waals surface area contributed by atoms with E-state index in [1.54, 1.807) is 6.08 Å². The first-order valence-electron chi connectivity index (χ1n) is 10.5. The molecule has 0 aromatic carbocycles. The molecule has 0 bridgehead atoms. The Morgan fingerprint density at radius 1 is 1.04 bits per heavy atom. The van der Waals surface area contributed by atoms with Gasteiger partial charge in [0.2, 0.25) is 0 Å². The predicted octanol–water partition coefficient (Wildman–Crippen LogP) is 5.19. The Labute approximate surface area is 158 Å². The number of hydrogen-bond donors (Lipinski definition) is 0. The zero-order valence-electron chi connectivity index (χ0n) is 16.6. The smallest absolute Gasteiger partial charge is 0.305 e. The van der Waals surface area contributed by atoms with Crippen LogP contribution in [-0.4, -0.2) is 24.1 Å². The lowest BCUT2D eigenvalue weighted by Crippen LogP contribution is -2.13. The van der Waals surface area contributed by atoms with E-state index in [2.05, 4.69) is 6.92 Å². The van der Waals surface area contributed by atoms with Crippen LogP contribution < -0.4 is 0 Å². The molecule has 1 rings (SSSR count). The number of Topliss-reactive ketones (excluding diaryl/α,β-unsaturated/α-hetero) is 1. The molecule has 0 radical (unpaired) electrons. The summed E-state index contributed by atoms with van der Waals surface area (Å²) < 4.78 is 4.92. The molecule has 4 nitrogen and oxygen atoms in total. The molecule has 0 amide bonds. The van der Waals surface area contributed by atoms with Gasteiger partial charge in [0.15, 0.2) is 5.78 Å². The predicted molar refractivity (Wildman–Crippen MR) is 104 cm³/mol. The van der Waals surface area contributed by atoms with Gasteiger partial charge in [-0.25, -0.2) is 0 Å². The molecule has 0 heterocycles. The largest absolute Gasteiger partial charge is 0.466 e. The van der Waals surface area contributed by atoms with Gasteiger partial charge in [0.25, 0.3) is 0 Å². The maximum atomic E-state index is 12.1. The maximum Gasteiger partial charge on any atom is 0.305 e. The van der Waals surface area contributed by atoms with Gasteiger partial charge < -0.3 is 4.74 Å². The minimum Gasteiger partial charge on any atom is -0.466 e. The normalized spacial score (nSPS) is 20.0. The van der Waals surface area contributed by atoms with Crippen molar-refractivity contribution in [3.8, 4) is 0 Å². The van der Waals surface area contributed by atoms with E-state index >= 15 is 0 Å². The first-order chi connectivity index (χ1) is 12.6. The number of hydrogen-bond acceptors (Lipinski definition) is 4. The van der Waals surface area contributed by atoms with Crippen molar-refractivity contribution in [3.05, 3.63) is 12.2 Å². The Morgan fingerprint density at radius 2 is 1.77 bits per heavy atom. The van der Waals surface area contributed by atoms with Gasteiger partial charge in [-0.1, -0.05) is 45.1 Å². The van der Waals surface area contributed by atoms with Crippen LogP contribution in [0.15, 0.2) is 12.2 Å². The number of carbonyl (C=O) groups excluding carboxylic acids is 3. The van der Waals surface area contributed by atoms with Crippen molar-refractivity contribution in [1.82, 2.24) is 0 Å². The molecule has 0 aromatic rings. The van der Waals surface area contributed by atoms with Crippen LogP contribution in [0.4, 0.5) is 0 Å². The highest BCUT2D eigenvalue weighted by Crippen LogP contribution is 2.33. The zero-order chi connectivity index (χ0) is 19.2. The summed E-state index contributed by atoms with van der Waals surface area (Å²) >= 11 is 0. The van der Waals surface area contributed by atoms with E-state index in [0.29, 0.717) is 31.7 Å². The van der Waals surface area contributed by atoms with Gasteiger partial charge in [-0.3, -0.25) is 14.4 Å². The second-order valence-corrected chi connectivity index (χ2v) is 7.32. The van der Waals surface area contributed by atoms with Crippen LogP contribution in [0.2, 0.25) is 0 Å². The van der Waals surface area contributed by atoms with Crippen molar-refractivity contribution >= 4 is 17.5 Å². The monoisotopic (exact) mass is 364 g/mol. The van der Waals surface area contributed by atoms with E-state index in [-0.39, 0.29) is 23.6 Å². The standard InChI is InChI=1S/C22H36O4/c1-3-5-8-11-19(23)16-14-18-15-17-21(24)20(18)12-9-6-7-10-13-22(25)26-4-2/h14,16,18,20H,3-13,15,17H2,1-2H3/b16-14+/t18-,20+/m0/s1. The molecule has 0 unspecified atom stereocenters. The fraction of sp³-hybridized carbons (Fsp3) is 0.773. The first kappa shape index (κ1) is 22.6. The lowest BCUT2D eigenvalue weighted by atomic mass is 9.89. The van der Waals surface area contributed by atoms with E-state index in [1.165, 1.54) is 0 Å². The van der Waals surface area contributed by atoms with Crippen LogP contribution in [0.25, 0.3) is 0 Å². The van der Waals surface area contributed by atoms with Crippen molar-refractivity contribution in [2.75, 3.05) is 6.61 Å². The number of esters is 1. The van der Waals surface area contributed by atoms with Crippen molar-refractivity contribution in [2.24, 2.45) is 11.8 Å². The highest BCUT2D eigenvalue weighted by atomic mass is 16.5. The van der Waals surface area contributed by atoms with Crippen LogP contribution in [0.5, 0.6) is 0 Å². The quantitative estimate of drug-likeness (QED) is 0.242. The van der Waals surface area contributed by atoms with Crippen LogP contribution >= 0.6 is 0 Å². The van der Waals surface area contributed by atoms with Crippen molar-refractivity contribution in [2.45, 2.75) is 90.9 Å². The Balaban J connectivity index is 2.25. The highest BCUT2D eigenvalue weighted by Gasteiger charge is 2.32. The summed E-state index contributed by atoms with van der Waals surface area (Å²) in [5.74, 6) is 0.740. The molecule has 0 saturated heterocycles. The first-order valence-corrected chi connectivity index (χ1v) is 10.5. The molecular weight excluding hydrogens is 328 g/mol. The highest BCUT2D eigenvalue weighted by molar-refractivity contribution is 5.90. The topological polar surface area (TPSA) is 60.4 Å². The van der Waals surface area contributed by atoms with Gasteiger partial charge in [0, 0.05) is 25.2 Å². The summed E-state index contributed by atoms with van der Waals surface area (Å²) in [6, 6.07) is 0. The summed E-state index contributed by atoms with van der Waals surface area (Å²) in [4.78, 5) is 35.3. The van der Waals surface area contributed by atoms with Crippen molar-refractivity contribution in [3.63, 3.8) is 0 Å². The van der Waals surface area contributed by atoms with Gasteiger partial charge in [0.1, 0.15) is 5.78 Å². The number of ketones is 2. The van der Waals surface area contributed by atoms with Gasteiger partial charge in [0.05, 0.1) is 6.61 Å². The summed E-state index contributed by atoms with van der Waals surface area (Å²) in [5.41, 5.74) is 0. The van der Waals surface area contributed by atoms with Gasteiger partial charge in [-0.2, -0.15) is 0 Å². The van der Waals surface area contributed by atoms with Crippen molar-refractivity contribution in [1.29, 1.82) is 0 Å². The Hall–Kier alpha value is -1.45. The Morgan fingerprint density at radius 3 is 2.50 bits per heavy atom. The number of rotatable bonds is 14. The number of ether oxygens (including phenoxy) is 1. The van der Waals surface area contributed by atoms with Crippen LogP contribution in [0.3, 0.4) is 0 Å². The summed E-state index contributed by atoms with van der Waals surface area (Å²) in [6.07, 6.45) is 14.3. The Kier molecular flexibility index (Phi) is 11.9. The van der Waals surface area contributed by atoms with E-state index in [0.717, 1.165) is 57.8 Å². The van der Waals surface area contributed by atoms with E-state index in [4.69, 9.17) is 4.74 Å². The molecule has 0 aliphatic heterocycles. The molecule has 1 saturated carbocycles. The summed E-state index contributed by atoms with van der Waals surface area (Å²) in [6.45, 7) is 4.39. The second kappa shape index (κ2) is 13.7. The van der Waals surface area contributed by atoms with Gasteiger partial charge >= 0.3 is 5.97 Å². The second-order valence-electron chi connectivity index (χ2n) is 7.32. The van der Waals surface area contributed by atoms with E-state index in [1.807, 2.05) is 13.0 Å². The Bertz CT molecular complexity index is 467. The lowest BCUT2D eigenvalue weighted by Gasteiger charge is -2.14. The van der Waals surface area contributed by atoms with Crippen LogP contribution in [0, 0.1) is 11.8 Å². The fourth-order valence-electron chi connectivity index (χ4n) is 3.62. The molecule has 0 aromatic heterocycles. The maximum absolute atomic E-state index is 12.1. The minimum absolute atomic E-state index is 0.0831. The fourth-order valence-corrected chi connectivity index (χ4v) is 3.62. The molecule has 0 N–H and O–H groups in total. The SMILES string of the molecule is CCCCCC(=O)/C=C/[C@H]1CCC(=O)[C@@H]1CCCCCCC(=O)OCC. The molecule has 2 atom stereocenters. The lowest BCUT2D eigenvalue weighted by molar-refractivity contribution is -0.143. The molecule has 4 heteroatoms. The third kappa shape index (κ3) is 9.30. The van der Waals surface area contributed by atoms with Crippen LogP contribution in [0.1, 0.15) is 90.9 Å². The molecule has 148 valence electrons. The summed E-state index contributed by atoms with van der Waals surface area (Å²) in [5, 5.41) is 0. The van der Waals surface area contributed by atoms with Gasteiger partial charge in [-0.05, 0) is 44.6 Å². The van der Waals surface area contributed by atoms with Crippen LogP contribution in [-0.2, 0) is 19.1 Å². The third-order valence-corrected chi connectivity index (χ3v) is 5.16. The number of allylic oxidation sites excluding steroid dienone is 2. The number of carbonyl (C=O) groups is 3. The average molecular weight is 365 g/mol. The molecule has 1 aliphatic rings. The summed E-state index contributed by atoms with van der Waals surface area (Å²) in [7, 11) is 0. The zero-order valence-corrected chi connectivity index (χ0v) is 16.6. The molecule has 1 aliphatic carbocycles. The average Bonchev–Trinajstić information content (AvgIpc) is 2.96.